The maximum absolute atomic E-state index is 4.01. The Balaban J connectivity index is 2.55. The summed E-state index contributed by atoms with van der Waals surface area (Å²) < 4.78 is 0. The fraction of sp³-hybridized carbons (Fsp3) is 0.556. The molecule has 0 aromatic heterocycles. The number of rotatable bonds is 9. The number of nitrogens with one attached hydrogen (secondary N) is 1. The standard InChI is InChI=1S/C18H30N2/c1-6-20(13-16(4)5)14-18-9-7-8-17(10-18)12-19-11-15(2)3/h7-10,15,19H,4,6,11-14H2,1-3,5H3. The topological polar surface area (TPSA) is 15.3 Å². The highest BCUT2D eigenvalue weighted by Gasteiger charge is 2.04. The average Bonchev–Trinajstić information content (AvgIpc) is 2.37. The zero-order valence-electron chi connectivity index (χ0n) is 13.6. The summed E-state index contributed by atoms with van der Waals surface area (Å²) in [6, 6.07) is 8.89. The molecule has 2 nitrogen and oxygen atoms in total. The molecule has 1 N–H and O–H groups in total. The molecule has 20 heavy (non-hydrogen) atoms. The van der Waals surface area contributed by atoms with E-state index in [1.807, 2.05) is 0 Å². The second-order valence-electron chi connectivity index (χ2n) is 6.11. The lowest BCUT2D eigenvalue weighted by Crippen LogP contribution is -2.24. The molecule has 0 saturated carbocycles. The van der Waals surface area contributed by atoms with Crippen molar-refractivity contribution < 1.29 is 0 Å². The maximum Gasteiger partial charge on any atom is 0.0237 e. The van der Waals surface area contributed by atoms with Gasteiger partial charge in [0.1, 0.15) is 0 Å². The van der Waals surface area contributed by atoms with E-state index in [-0.39, 0.29) is 0 Å². The van der Waals surface area contributed by atoms with E-state index in [1.54, 1.807) is 0 Å². The van der Waals surface area contributed by atoms with Crippen molar-refractivity contribution in [3.8, 4) is 0 Å². The predicted molar refractivity (Wildman–Crippen MR) is 88.8 cm³/mol. The van der Waals surface area contributed by atoms with Crippen molar-refractivity contribution in [2.45, 2.75) is 40.8 Å². The summed E-state index contributed by atoms with van der Waals surface area (Å²) >= 11 is 0. The SMILES string of the molecule is C=C(C)CN(CC)Cc1cccc(CNCC(C)C)c1. The van der Waals surface area contributed by atoms with Crippen molar-refractivity contribution in [2.75, 3.05) is 19.6 Å². The lowest BCUT2D eigenvalue weighted by Gasteiger charge is -2.21. The molecule has 0 unspecified atom stereocenters. The van der Waals surface area contributed by atoms with Crippen molar-refractivity contribution in [3.63, 3.8) is 0 Å². The summed E-state index contributed by atoms with van der Waals surface area (Å²) in [6.07, 6.45) is 0. The Morgan fingerprint density at radius 2 is 2.00 bits per heavy atom. The summed E-state index contributed by atoms with van der Waals surface area (Å²) in [5.41, 5.74) is 3.98. The van der Waals surface area contributed by atoms with Gasteiger partial charge in [-0.25, -0.2) is 0 Å². The quantitative estimate of drug-likeness (QED) is 0.688. The van der Waals surface area contributed by atoms with Gasteiger partial charge in [-0.1, -0.05) is 57.2 Å². The molecule has 0 amide bonds. The van der Waals surface area contributed by atoms with Crippen LogP contribution < -0.4 is 5.32 Å². The van der Waals surface area contributed by atoms with Crippen molar-refractivity contribution in [3.05, 3.63) is 47.5 Å². The number of hydrogen-bond donors (Lipinski definition) is 1. The summed E-state index contributed by atoms with van der Waals surface area (Å²) in [6.45, 7) is 17.8. The van der Waals surface area contributed by atoms with Crippen LogP contribution in [0.3, 0.4) is 0 Å². The third kappa shape index (κ3) is 6.88. The molecule has 0 aliphatic rings. The Hall–Kier alpha value is -1.12. The molecule has 0 spiro atoms. The number of benzene rings is 1. The number of hydrogen-bond acceptors (Lipinski definition) is 2. The Morgan fingerprint density at radius 1 is 1.30 bits per heavy atom. The van der Waals surface area contributed by atoms with E-state index in [0.29, 0.717) is 5.92 Å². The molecule has 2 heteroatoms. The fourth-order valence-electron chi connectivity index (χ4n) is 2.26. The highest BCUT2D eigenvalue weighted by molar-refractivity contribution is 5.23. The monoisotopic (exact) mass is 274 g/mol. The minimum atomic E-state index is 0.698. The first-order chi connectivity index (χ1) is 9.51. The third-order valence-corrected chi connectivity index (χ3v) is 3.22. The van der Waals surface area contributed by atoms with Gasteiger partial charge < -0.3 is 5.32 Å². The maximum atomic E-state index is 4.01. The van der Waals surface area contributed by atoms with E-state index < -0.39 is 0 Å². The van der Waals surface area contributed by atoms with Gasteiger partial charge in [0.25, 0.3) is 0 Å². The van der Waals surface area contributed by atoms with Crippen molar-refractivity contribution in [1.29, 1.82) is 0 Å². The van der Waals surface area contributed by atoms with Crippen LogP contribution in [0.5, 0.6) is 0 Å². The van der Waals surface area contributed by atoms with Gasteiger partial charge >= 0.3 is 0 Å². The lowest BCUT2D eigenvalue weighted by molar-refractivity contribution is 0.304. The van der Waals surface area contributed by atoms with Crippen molar-refractivity contribution >= 4 is 0 Å². The van der Waals surface area contributed by atoms with Gasteiger partial charge in [-0.05, 0) is 37.1 Å². The van der Waals surface area contributed by atoms with Crippen LogP contribution in [0.2, 0.25) is 0 Å². The summed E-state index contributed by atoms with van der Waals surface area (Å²) in [5.74, 6) is 0.698. The molecule has 0 bridgehead atoms. The molecule has 0 atom stereocenters. The molecule has 0 saturated heterocycles. The Labute approximate surface area is 124 Å². The second-order valence-corrected chi connectivity index (χ2v) is 6.11. The first kappa shape index (κ1) is 16.9. The van der Waals surface area contributed by atoms with Crippen LogP contribution in [-0.4, -0.2) is 24.5 Å². The normalized spacial score (nSPS) is 11.3. The van der Waals surface area contributed by atoms with Crippen LogP contribution in [0.4, 0.5) is 0 Å². The van der Waals surface area contributed by atoms with Gasteiger partial charge in [0, 0.05) is 19.6 Å². The number of likely N-dealkylation sites (N-methyl/N-ethyl adjacent to an activating group) is 1. The third-order valence-electron chi connectivity index (χ3n) is 3.22. The molecule has 1 aromatic carbocycles. The van der Waals surface area contributed by atoms with Gasteiger partial charge in [0.15, 0.2) is 0 Å². The molecule has 112 valence electrons. The van der Waals surface area contributed by atoms with E-state index in [4.69, 9.17) is 0 Å². The summed E-state index contributed by atoms with van der Waals surface area (Å²) in [7, 11) is 0. The first-order valence-electron chi connectivity index (χ1n) is 7.66. The summed E-state index contributed by atoms with van der Waals surface area (Å²) in [4.78, 5) is 2.42. The Bertz CT molecular complexity index is 410. The van der Waals surface area contributed by atoms with Crippen LogP contribution in [0, 0.1) is 5.92 Å². The molecule has 0 fully saturated rings. The Morgan fingerprint density at radius 3 is 2.60 bits per heavy atom. The van der Waals surface area contributed by atoms with E-state index in [0.717, 1.165) is 32.7 Å². The van der Waals surface area contributed by atoms with Gasteiger partial charge in [0.2, 0.25) is 0 Å². The second kappa shape index (κ2) is 8.93. The molecule has 0 aliphatic carbocycles. The number of nitrogens with zero attached hydrogens (tertiary/aromatic N) is 1. The van der Waals surface area contributed by atoms with Crippen LogP contribution in [-0.2, 0) is 13.1 Å². The van der Waals surface area contributed by atoms with Crippen LogP contribution >= 0.6 is 0 Å². The molecule has 0 radical (unpaired) electrons. The minimum Gasteiger partial charge on any atom is -0.312 e. The molecule has 1 aromatic rings. The highest BCUT2D eigenvalue weighted by atomic mass is 15.1. The summed E-state index contributed by atoms with van der Waals surface area (Å²) in [5, 5.41) is 3.50. The average molecular weight is 274 g/mol. The van der Waals surface area contributed by atoms with Crippen LogP contribution in [0.25, 0.3) is 0 Å². The van der Waals surface area contributed by atoms with Gasteiger partial charge in [-0.3, -0.25) is 4.90 Å². The van der Waals surface area contributed by atoms with Gasteiger partial charge in [0.05, 0.1) is 0 Å². The van der Waals surface area contributed by atoms with Gasteiger partial charge in [-0.2, -0.15) is 0 Å². The molecule has 0 aliphatic heterocycles. The van der Waals surface area contributed by atoms with Crippen molar-refractivity contribution in [1.82, 2.24) is 10.2 Å². The smallest absolute Gasteiger partial charge is 0.0237 e. The minimum absolute atomic E-state index is 0.698. The highest BCUT2D eigenvalue weighted by Crippen LogP contribution is 2.09. The molecule has 1 rings (SSSR count). The largest absolute Gasteiger partial charge is 0.312 e. The van der Waals surface area contributed by atoms with E-state index in [9.17, 15) is 0 Å². The predicted octanol–water partition coefficient (Wildman–Crippen LogP) is 3.83. The zero-order valence-corrected chi connectivity index (χ0v) is 13.6. The van der Waals surface area contributed by atoms with Crippen molar-refractivity contribution in [2.24, 2.45) is 5.92 Å². The van der Waals surface area contributed by atoms with Crippen LogP contribution in [0.15, 0.2) is 36.4 Å². The van der Waals surface area contributed by atoms with Crippen LogP contribution in [0.1, 0.15) is 38.8 Å². The molecule has 0 heterocycles. The van der Waals surface area contributed by atoms with E-state index in [2.05, 4.69) is 68.8 Å². The van der Waals surface area contributed by atoms with E-state index >= 15 is 0 Å². The molecular weight excluding hydrogens is 244 g/mol. The Kier molecular flexibility index (Phi) is 7.56. The van der Waals surface area contributed by atoms with Gasteiger partial charge in [-0.15, -0.1) is 0 Å². The molecular formula is C18H30N2. The van der Waals surface area contributed by atoms with E-state index in [1.165, 1.54) is 16.7 Å². The fourth-order valence-corrected chi connectivity index (χ4v) is 2.26. The first-order valence-corrected chi connectivity index (χ1v) is 7.66. The zero-order chi connectivity index (χ0) is 15.0. The lowest BCUT2D eigenvalue weighted by atomic mass is 10.1.